The fourth-order valence-corrected chi connectivity index (χ4v) is 2.01. The Hall–Kier alpha value is -3.13. The number of amides is 3. The molecule has 1 heterocycles. The number of benzene rings is 1. The number of halogens is 1. The van der Waals surface area contributed by atoms with Crippen LogP contribution in [0.5, 0.6) is 5.75 Å². The van der Waals surface area contributed by atoms with Crippen molar-refractivity contribution in [1.29, 1.82) is 0 Å². The van der Waals surface area contributed by atoms with Gasteiger partial charge in [-0.25, -0.2) is 0 Å². The topological polar surface area (TPSA) is 109 Å². The van der Waals surface area contributed by atoms with E-state index in [9.17, 15) is 14.4 Å². The molecule has 0 saturated heterocycles. The van der Waals surface area contributed by atoms with Crippen molar-refractivity contribution in [2.45, 2.75) is 6.92 Å². The van der Waals surface area contributed by atoms with Crippen molar-refractivity contribution >= 4 is 29.3 Å². The zero-order valence-corrected chi connectivity index (χ0v) is 14.7. The number of nitrogens with zero attached hydrogens (tertiary/aromatic N) is 1. The van der Waals surface area contributed by atoms with E-state index in [2.05, 4.69) is 21.2 Å². The normalized spacial score (nSPS) is 9.92. The summed E-state index contributed by atoms with van der Waals surface area (Å²) in [6.45, 7) is 1.30. The Morgan fingerprint density at radius 1 is 1.12 bits per heavy atom. The third-order valence-electron chi connectivity index (χ3n) is 3.06. The molecule has 8 nitrogen and oxygen atoms in total. The molecule has 3 N–H and O–H groups in total. The van der Waals surface area contributed by atoms with Crippen molar-refractivity contribution in [3.8, 4) is 5.75 Å². The maximum Gasteiger partial charge on any atom is 0.276 e. The first-order chi connectivity index (χ1) is 12.4. The van der Waals surface area contributed by atoms with Crippen molar-refractivity contribution in [3.05, 3.63) is 58.9 Å². The molecule has 0 aliphatic rings. The van der Waals surface area contributed by atoms with Gasteiger partial charge in [0.15, 0.2) is 6.61 Å². The summed E-state index contributed by atoms with van der Waals surface area (Å²) in [4.78, 5) is 38.9. The first kappa shape index (κ1) is 19.2. The van der Waals surface area contributed by atoms with Crippen molar-refractivity contribution in [2.24, 2.45) is 0 Å². The Labute approximate surface area is 154 Å². The van der Waals surface area contributed by atoms with Crippen LogP contribution in [-0.2, 0) is 9.59 Å². The van der Waals surface area contributed by atoms with Crippen LogP contribution in [0.4, 0.5) is 0 Å². The second-order valence-corrected chi connectivity index (χ2v) is 5.68. The maximum atomic E-state index is 11.8. The second-order valence-electron chi connectivity index (χ2n) is 5.24. The summed E-state index contributed by atoms with van der Waals surface area (Å²) in [6, 6.07) is 10.1. The van der Waals surface area contributed by atoms with E-state index in [0.717, 1.165) is 5.56 Å². The Morgan fingerprint density at radius 3 is 2.62 bits per heavy atom. The Morgan fingerprint density at radius 2 is 1.88 bits per heavy atom. The Kier molecular flexibility index (Phi) is 6.92. The van der Waals surface area contributed by atoms with Crippen LogP contribution in [0.3, 0.4) is 0 Å². The molecule has 26 heavy (non-hydrogen) atoms. The minimum atomic E-state index is -0.607. The number of aromatic nitrogens is 1. The van der Waals surface area contributed by atoms with Gasteiger partial charge in [0.05, 0.1) is 6.54 Å². The molecule has 1 aromatic carbocycles. The van der Waals surface area contributed by atoms with Crippen molar-refractivity contribution in [2.75, 3.05) is 13.2 Å². The largest absolute Gasteiger partial charge is 0.484 e. The van der Waals surface area contributed by atoms with Crippen LogP contribution in [0.1, 0.15) is 16.1 Å². The monoisotopic (exact) mass is 376 g/mol. The molecule has 3 amide bonds. The number of aryl methyl sites for hydroxylation is 1. The van der Waals surface area contributed by atoms with E-state index >= 15 is 0 Å². The molecule has 0 bridgehead atoms. The summed E-state index contributed by atoms with van der Waals surface area (Å²) >= 11 is 5.76. The molecule has 1 aromatic heterocycles. The molecule has 2 rings (SSSR count). The summed E-state index contributed by atoms with van der Waals surface area (Å²) in [5.41, 5.74) is 5.44. The van der Waals surface area contributed by atoms with Gasteiger partial charge in [-0.3, -0.25) is 30.2 Å². The minimum absolute atomic E-state index is 0.0842. The van der Waals surface area contributed by atoms with Crippen molar-refractivity contribution in [3.63, 3.8) is 0 Å². The molecule has 9 heteroatoms. The van der Waals surface area contributed by atoms with Crippen LogP contribution >= 0.6 is 11.6 Å². The fraction of sp³-hybridized carbons (Fsp3) is 0.176. The molecule has 136 valence electrons. The molecule has 0 unspecified atom stereocenters. The molecule has 0 radical (unpaired) electrons. The number of pyridine rings is 1. The summed E-state index contributed by atoms with van der Waals surface area (Å²) in [7, 11) is 0. The van der Waals surface area contributed by atoms with E-state index in [0.29, 0.717) is 10.8 Å². The lowest BCUT2D eigenvalue weighted by Crippen LogP contribution is -2.47. The number of hydrazine groups is 1. The van der Waals surface area contributed by atoms with E-state index < -0.39 is 17.7 Å². The quantitative estimate of drug-likeness (QED) is 0.651. The Bertz CT molecular complexity index is 813. The van der Waals surface area contributed by atoms with Gasteiger partial charge in [-0.1, -0.05) is 23.7 Å². The molecule has 0 saturated carbocycles. The molecule has 0 fully saturated rings. The highest BCUT2D eigenvalue weighted by Crippen LogP contribution is 2.11. The molecular weight excluding hydrogens is 360 g/mol. The van der Waals surface area contributed by atoms with Crippen molar-refractivity contribution < 1.29 is 19.1 Å². The van der Waals surface area contributed by atoms with Gasteiger partial charge in [0.1, 0.15) is 11.4 Å². The molecule has 0 aliphatic carbocycles. The minimum Gasteiger partial charge on any atom is -0.484 e. The number of nitrogens with one attached hydrogen (secondary N) is 3. The van der Waals surface area contributed by atoms with Gasteiger partial charge in [-0.15, -0.1) is 0 Å². The molecular formula is C17H17ClN4O4. The first-order valence-corrected chi connectivity index (χ1v) is 7.99. The highest BCUT2D eigenvalue weighted by atomic mass is 35.5. The van der Waals surface area contributed by atoms with Gasteiger partial charge in [0.2, 0.25) is 0 Å². The number of rotatable bonds is 6. The third kappa shape index (κ3) is 6.40. The Balaban J connectivity index is 1.68. The smallest absolute Gasteiger partial charge is 0.276 e. The highest BCUT2D eigenvalue weighted by Gasteiger charge is 2.10. The van der Waals surface area contributed by atoms with Gasteiger partial charge >= 0.3 is 0 Å². The summed E-state index contributed by atoms with van der Waals surface area (Å²) in [5, 5.41) is 2.72. The first-order valence-electron chi connectivity index (χ1n) is 7.61. The SMILES string of the molecule is Cc1cccc(OCC(=O)NNC(=O)CNC(=O)c2cc(Cl)ccn2)c1. The average Bonchev–Trinajstić information content (AvgIpc) is 2.62. The lowest BCUT2D eigenvalue weighted by atomic mass is 10.2. The molecule has 0 atom stereocenters. The standard InChI is InChI=1S/C17H17ClN4O4/c1-11-3-2-4-13(7-11)26-10-16(24)22-21-15(23)9-20-17(25)14-8-12(18)5-6-19-14/h2-8H,9-10H2,1H3,(H,20,25)(H,21,23)(H,22,24). The van der Waals surface area contributed by atoms with E-state index in [1.54, 1.807) is 12.1 Å². The predicted molar refractivity (Wildman–Crippen MR) is 94.5 cm³/mol. The number of carbonyl (C=O) groups excluding carboxylic acids is 3. The van der Waals surface area contributed by atoms with Crippen LogP contribution < -0.4 is 20.9 Å². The van der Waals surface area contributed by atoms with Crippen LogP contribution in [0.2, 0.25) is 5.02 Å². The van der Waals surface area contributed by atoms with Crippen LogP contribution in [0, 0.1) is 6.92 Å². The van der Waals surface area contributed by atoms with E-state index in [1.807, 2.05) is 19.1 Å². The molecule has 2 aromatic rings. The average molecular weight is 377 g/mol. The summed E-state index contributed by atoms with van der Waals surface area (Å²) in [5.74, 6) is -1.16. The number of hydrogen-bond donors (Lipinski definition) is 3. The number of ether oxygens (including phenoxy) is 1. The second kappa shape index (κ2) is 9.38. The summed E-state index contributed by atoms with van der Waals surface area (Å²) < 4.78 is 5.29. The zero-order valence-electron chi connectivity index (χ0n) is 13.9. The lowest BCUT2D eigenvalue weighted by Gasteiger charge is -2.09. The lowest BCUT2D eigenvalue weighted by molar-refractivity contribution is -0.129. The summed E-state index contributed by atoms with van der Waals surface area (Å²) in [6.07, 6.45) is 1.38. The third-order valence-corrected chi connectivity index (χ3v) is 3.30. The van der Waals surface area contributed by atoms with Crippen LogP contribution in [0.15, 0.2) is 42.6 Å². The molecule has 0 aliphatic heterocycles. The van der Waals surface area contributed by atoms with E-state index in [4.69, 9.17) is 16.3 Å². The predicted octanol–water partition coefficient (Wildman–Crippen LogP) is 1.000. The van der Waals surface area contributed by atoms with E-state index in [-0.39, 0.29) is 18.8 Å². The van der Waals surface area contributed by atoms with E-state index in [1.165, 1.54) is 18.3 Å². The molecule has 0 spiro atoms. The van der Waals surface area contributed by atoms with Crippen LogP contribution in [0.25, 0.3) is 0 Å². The van der Waals surface area contributed by atoms with Gasteiger partial charge in [0, 0.05) is 11.2 Å². The number of carbonyl (C=O) groups is 3. The van der Waals surface area contributed by atoms with Gasteiger partial charge < -0.3 is 10.1 Å². The zero-order chi connectivity index (χ0) is 18.9. The highest BCUT2D eigenvalue weighted by molar-refractivity contribution is 6.30. The van der Waals surface area contributed by atoms with Gasteiger partial charge in [0.25, 0.3) is 17.7 Å². The van der Waals surface area contributed by atoms with Gasteiger partial charge in [-0.05, 0) is 36.8 Å². The fourth-order valence-electron chi connectivity index (χ4n) is 1.85. The maximum absolute atomic E-state index is 11.8. The van der Waals surface area contributed by atoms with Crippen molar-refractivity contribution in [1.82, 2.24) is 21.2 Å². The van der Waals surface area contributed by atoms with Gasteiger partial charge in [-0.2, -0.15) is 0 Å². The van der Waals surface area contributed by atoms with Crippen LogP contribution in [-0.4, -0.2) is 35.9 Å². The number of hydrogen-bond acceptors (Lipinski definition) is 5.